The first-order valence-electron chi connectivity index (χ1n) is 6.14. The molecule has 4 atom stereocenters. The van der Waals surface area contributed by atoms with Gasteiger partial charge >= 0.3 is 13.3 Å². The molecule has 0 bridgehead atoms. The highest BCUT2D eigenvalue weighted by molar-refractivity contribution is 7.51. The molecular weight excluding hydrogens is 323 g/mol. The van der Waals surface area contributed by atoms with E-state index in [0.29, 0.717) is 0 Å². The van der Waals surface area contributed by atoms with Crippen molar-refractivity contribution in [2.45, 2.75) is 24.5 Å². The fourth-order valence-electron chi connectivity index (χ4n) is 2.01. The number of aliphatic hydroxyl groups is 2. The van der Waals surface area contributed by atoms with Gasteiger partial charge in [0.15, 0.2) is 6.23 Å². The van der Waals surface area contributed by atoms with Gasteiger partial charge in [-0.15, -0.1) is 0 Å². The second kappa shape index (κ2) is 6.42. The minimum atomic E-state index is -4.36. The highest BCUT2D eigenvalue weighted by Gasteiger charge is 2.44. The van der Waals surface area contributed by atoms with Gasteiger partial charge in [0.1, 0.15) is 24.7 Å². The molecule has 0 radical (unpaired) electrons. The molecule has 1 aromatic heterocycles. The van der Waals surface area contributed by atoms with Crippen LogP contribution in [0.15, 0.2) is 21.9 Å². The SMILES string of the molecule is O=c1ccn([C@@H]2O[C@H](COCP(=O)(O)O)[C@@H](O)[C@H]2O)c(=O)[nH]1. The molecule has 1 saturated heterocycles. The number of hydrogen-bond acceptors (Lipinski definition) is 7. The van der Waals surface area contributed by atoms with Crippen molar-refractivity contribution in [3.63, 3.8) is 0 Å². The number of aliphatic hydroxyl groups excluding tert-OH is 2. The fraction of sp³-hybridized carbons (Fsp3) is 0.600. The van der Waals surface area contributed by atoms with Crippen molar-refractivity contribution < 1.29 is 34.0 Å². The summed E-state index contributed by atoms with van der Waals surface area (Å²) in [7, 11) is -4.36. The zero-order valence-electron chi connectivity index (χ0n) is 11.1. The van der Waals surface area contributed by atoms with Crippen LogP contribution in [-0.4, -0.2) is 60.8 Å². The maximum absolute atomic E-state index is 11.6. The molecule has 0 amide bonds. The summed E-state index contributed by atoms with van der Waals surface area (Å²) in [6, 6.07) is 1.04. The van der Waals surface area contributed by atoms with Gasteiger partial charge in [0, 0.05) is 12.3 Å². The molecule has 0 unspecified atom stereocenters. The van der Waals surface area contributed by atoms with E-state index in [-0.39, 0.29) is 0 Å². The Labute approximate surface area is 122 Å². The van der Waals surface area contributed by atoms with E-state index >= 15 is 0 Å². The lowest BCUT2D eigenvalue weighted by Crippen LogP contribution is -2.37. The topological polar surface area (TPSA) is 171 Å². The summed E-state index contributed by atoms with van der Waals surface area (Å²) in [6.07, 6.45) is -5.03. The van der Waals surface area contributed by atoms with Gasteiger partial charge in [0.25, 0.3) is 5.56 Å². The molecule has 1 aliphatic heterocycles. The monoisotopic (exact) mass is 338 g/mol. The van der Waals surface area contributed by atoms with Gasteiger partial charge in [-0.05, 0) is 0 Å². The molecule has 1 fully saturated rings. The van der Waals surface area contributed by atoms with E-state index in [1.54, 1.807) is 0 Å². The summed E-state index contributed by atoms with van der Waals surface area (Å²) in [5, 5.41) is 19.7. The number of aromatic nitrogens is 2. The van der Waals surface area contributed by atoms with Crippen molar-refractivity contribution in [2.24, 2.45) is 0 Å². The third kappa shape index (κ3) is 3.90. The predicted octanol–water partition coefficient (Wildman–Crippen LogP) is -2.69. The van der Waals surface area contributed by atoms with Crippen LogP contribution in [0.5, 0.6) is 0 Å². The van der Waals surface area contributed by atoms with E-state index in [1.807, 2.05) is 4.98 Å². The number of aromatic amines is 1. The molecule has 12 heteroatoms. The first-order chi connectivity index (χ1) is 10.2. The Morgan fingerprint density at radius 2 is 2.00 bits per heavy atom. The number of nitrogens with one attached hydrogen (secondary N) is 1. The Hall–Kier alpha value is -1.33. The quantitative estimate of drug-likeness (QED) is 0.358. The van der Waals surface area contributed by atoms with Crippen LogP contribution < -0.4 is 11.2 Å². The summed E-state index contributed by atoms with van der Waals surface area (Å²) < 4.78 is 21.5. The molecule has 0 saturated carbocycles. The highest BCUT2D eigenvalue weighted by Crippen LogP contribution is 2.35. The summed E-state index contributed by atoms with van der Waals surface area (Å²) in [5.41, 5.74) is -1.46. The molecule has 0 aliphatic carbocycles. The molecule has 1 aliphatic rings. The first kappa shape index (κ1) is 17.0. The molecule has 0 aromatic carbocycles. The van der Waals surface area contributed by atoms with Crippen molar-refractivity contribution in [1.82, 2.24) is 9.55 Å². The standard InChI is InChI=1S/C10H15N2O9P/c13-6-1-2-12(10(16)11-6)9-8(15)7(14)5(21-9)3-20-4-22(17,18)19/h1-2,5,7-9,14-15H,3-4H2,(H,11,13,16)(H2,17,18,19)/t5-,7-,8-,9-/m1/s1. The maximum atomic E-state index is 11.6. The van der Waals surface area contributed by atoms with Crippen LogP contribution in [-0.2, 0) is 14.0 Å². The minimum Gasteiger partial charge on any atom is -0.387 e. The average molecular weight is 338 g/mol. The largest absolute Gasteiger partial charge is 0.387 e. The molecule has 2 heterocycles. The Balaban J connectivity index is 2.08. The van der Waals surface area contributed by atoms with Crippen molar-refractivity contribution >= 4 is 7.60 Å². The lowest BCUT2D eigenvalue weighted by molar-refractivity contribution is -0.0645. The van der Waals surface area contributed by atoms with E-state index in [2.05, 4.69) is 0 Å². The Kier molecular flexibility index (Phi) is 4.97. The third-order valence-corrected chi connectivity index (χ3v) is 3.52. The lowest BCUT2D eigenvalue weighted by atomic mass is 10.1. The second-order valence-corrected chi connectivity index (χ2v) is 6.32. The molecular formula is C10H15N2O9P. The molecule has 124 valence electrons. The van der Waals surface area contributed by atoms with Crippen LogP contribution in [0, 0.1) is 0 Å². The smallest absolute Gasteiger partial charge is 0.350 e. The number of nitrogens with zero attached hydrogens (tertiary/aromatic N) is 1. The van der Waals surface area contributed by atoms with Gasteiger partial charge in [-0.1, -0.05) is 0 Å². The molecule has 0 spiro atoms. The number of ether oxygens (including phenoxy) is 2. The third-order valence-electron chi connectivity index (χ3n) is 3.00. The van der Waals surface area contributed by atoms with Gasteiger partial charge in [0.2, 0.25) is 0 Å². The van der Waals surface area contributed by atoms with E-state index in [0.717, 1.165) is 16.8 Å². The van der Waals surface area contributed by atoms with E-state index < -0.39 is 56.3 Å². The number of H-pyrrole nitrogens is 1. The van der Waals surface area contributed by atoms with Gasteiger partial charge < -0.3 is 29.5 Å². The normalized spacial score (nSPS) is 28.9. The molecule has 5 N–H and O–H groups in total. The van der Waals surface area contributed by atoms with Crippen LogP contribution in [0.3, 0.4) is 0 Å². The fourth-order valence-corrected chi connectivity index (χ4v) is 2.36. The summed E-state index contributed by atoms with van der Waals surface area (Å²) in [4.78, 5) is 41.9. The lowest BCUT2D eigenvalue weighted by Gasteiger charge is -2.16. The highest BCUT2D eigenvalue weighted by atomic mass is 31.2. The summed E-state index contributed by atoms with van der Waals surface area (Å²) in [6.45, 7) is -0.391. The number of rotatable bonds is 5. The van der Waals surface area contributed by atoms with Crippen molar-refractivity contribution in [1.29, 1.82) is 0 Å². The summed E-state index contributed by atoms with van der Waals surface area (Å²) >= 11 is 0. The Morgan fingerprint density at radius 3 is 2.59 bits per heavy atom. The maximum Gasteiger partial charge on any atom is 0.350 e. The minimum absolute atomic E-state index is 0.391. The Morgan fingerprint density at radius 1 is 1.32 bits per heavy atom. The van der Waals surface area contributed by atoms with Crippen LogP contribution in [0.2, 0.25) is 0 Å². The second-order valence-electron chi connectivity index (χ2n) is 4.73. The average Bonchev–Trinajstić information content (AvgIpc) is 2.66. The van der Waals surface area contributed by atoms with Gasteiger partial charge in [-0.25, -0.2) is 4.79 Å². The Bertz CT molecular complexity index is 679. The van der Waals surface area contributed by atoms with Crippen LogP contribution in [0.4, 0.5) is 0 Å². The zero-order valence-corrected chi connectivity index (χ0v) is 12.0. The van der Waals surface area contributed by atoms with E-state index in [4.69, 9.17) is 19.3 Å². The van der Waals surface area contributed by atoms with Crippen LogP contribution >= 0.6 is 7.60 Å². The van der Waals surface area contributed by atoms with E-state index in [1.165, 1.54) is 0 Å². The van der Waals surface area contributed by atoms with Crippen molar-refractivity contribution in [3.8, 4) is 0 Å². The molecule has 11 nitrogen and oxygen atoms in total. The predicted molar refractivity (Wildman–Crippen MR) is 70.1 cm³/mol. The zero-order chi connectivity index (χ0) is 16.5. The molecule has 22 heavy (non-hydrogen) atoms. The van der Waals surface area contributed by atoms with Gasteiger partial charge in [-0.2, -0.15) is 0 Å². The summed E-state index contributed by atoms with van der Waals surface area (Å²) in [5.74, 6) is 0. The van der Waals surface area contributed by atoms with Gasteiger partial charge in [-0.3, -0.25) is 18.9 Å². The first-order valence-corrected chi connectivity index (χ1v) is 7.94. The van der Waals surface area contributed by atoms with Crippen molar-refractivity contribution in [2.75, 3.05) is 13.0 Å². The molecule has 1 aromatic rings. The van der Waals surface area contributed by atoms with Crippen LogP contribution in [0.25, 0.3) is 0 Å². The van der Waals surface area contributed by atoms with Crippen molar-refractivity contribution in [3.05, 3.63) is 33.1 Å². The molecule has 2 rings (SSSR count). The number of hydrogen-bond donors (Lipinski definition) is 5. The van der Waals surface area contributed by atoms with Crippen LogP contribution in [0.1, 0.15) is 6.23 Å². The van der Waals surface area contributed by atoms with Gasteiger partial charge in [0.05, 0.1) is 6.61 Å². The van der Waals surface area contributed by atoms with E-state index in [9.17, 15) is 24.4 Å².